The van der Waals surface area contributed by atoms with Gasteiger partial charge in [-0.3, -0.25) is 0 Å². The first-order valence-electron chi connectivity index (χ1n) is 10.9. The number of anilines is 1. The van der Waals surface area contributed by atoms with E-state index in [1.807, 2.05) is 24.3 Å². The predicted molar refractivity (Wildman–Crippen MR) is 128 cm³/mol. The van der Waals surface area contributed by atoms with E-state index in [0.29, 0.717) is 0 Å². The van der Waals surface area contributed by atoms with Gasteiger partial charge in [0.1, 0.15) is 23.7 Å². The second kappa shape index (κ2) is 9.56. The molecule has 2 N–H and O–H groups in total. The molecule has 1 fully saturated rings. The molecule has 0 atom stereocenters. The predicted octanol–water partition coefficient (Wildman–Crippen LogP) is 3.74. The molecule has 0 radical (unpaired) electrons. The van der Waals surface area contributed by atoms with Gasteiger partial charge in [-0.15, -0.1) is 11.3 Å². The van der Waals surface area contributed by atoms with Crippen molar-refractivity contribution in [2.75, 3.05) is 44.7 Å². The van der Waals surface area contributed by atoms with Crippen LogP contribution in [0.2, 0.25) is 0 Å². The highest BCUT2D eigenvalue weighted by Gasteiger charge is 2.15. The van der Waals surface area contributed by atoms with E-state index in [9.17, 15) is 0 Å². The van der Waals surface area contributed by atoms with Gasteiger partial charge in [-0.2, -0.15) is 0 Å². The number of benzene rings is 2. The number of hydrogen-bond donors (Lipinski definition) is 2. The van der Waals surface area contributed by atoms with E-state index in [-0.39, 0.29) is 0 Å². The van der Waals surface area contributed by atoms with Crippen LogP contribution in [0.15, 0.2) is 66.7 Å². The van der Waals surface area contributed by atoms with Crippen LogP contribution in [0.1, 0.15) is 6.42 Å². The second-order valence-electron chi connectivity index (χ2n) is 7.85. The number of nitrogens with zero attached hydrogens (tertiary/aromatic N) is 2. The lowest BCUT2D eigenvalue weighted by molar-refractivity contribution is -0.908. The Balaban J connectivity index is 1.41. The minimum absolute atomic E-state index is 0.774. The summed E-state index contributed by atoms with van der Waals surface area (Å²) >= 11 is 1.73. The Bertz CT molecular complexity index is 1120. The monoisotopic (exact) mass is 431 g/mol. The third-order valence-corrected chi connectivity index (χ3v) is 6.76. The molecule has 158 valence electrons. The van der Waals surface area contributed by atoms with Gasteiger partial charge in [0.2, 0.25) is 0 Å². The average molecular weight is 432 g/mol. The van der Waals surface area contributed by atoms with Crippen molar-refractivity contribution in [2.45, 2.75) is 6.42 Å². The Kier molecular flexibility index (Phi) is 6.20. The van der Waals surface area contributed by atoms with E-state index in [4.69, 9.17) is 14.7 Å². The van der Waals surface area contributed by atoms with E-state index >= 15 is 0 Å². The summed E-state index contributed by atoms with van der Waals surface area (Å²) in [5.74, 6) is 1.70. The highest BCUT2D eigenvalue weighted by molar-refractivity contribution is 7.21. The highest BCUT2D eigenvalue weighted by atomic mass is 32.1. The summed E-state index contributed by atoms with van der Waals surface area (Å²) < 4.78 is 5.47. The van der Waals surface area contributed by atoms with Crippen molar-refractivity contribution >= 4 is 27.4 Å². The van der Waals surface area contributed by atoms with Gasteiger partial charge in [-0.05, 0) is 11.6 Å². The second-order valence-corrected chi connectivity index (χ2v) is 8.88. The fourth-order valence-corrected chi connectivity index (χ4v) is 5.01. The van der Waals surface area contributed by atoms with Crippen LogP contribution in [0.25, 0.3) is 32.0 Å². The van der Waals surface area contributed by atoms with Crippen LogP contribution >= 0.6 is 11.3 Å². The van der Waals surface area contributed by atoms with Crippen molar-refractivity contribution in [2.24, 2.45) is 0 Å². The van der Waals surface area contributed by atoms with Gasteiger partial charge < -0.3 is 15.0 Å². The fraction of sp³-hybridized carbons (Fsp3) is 0.280. The number of thiophene rings is 1. The van der Waals surface area contributed by atoms with Gasteiger partial charge in [-0.25, -0.2) is 9.97 Å². The molecular formula is C25H27N4OS+. The maximum Gasteiger partial charge on any atom is 0.163 e. The molecule has 5 rings (SSSR count). The van der Waals surface area contributed by atoms with Crippen LogP contribution in [-0.4, -0.2) is 49.4 Å². The Morgan fingerprint density at radius 3 is 2.35 bits per heavy atom. The SMILES string of the molecule is c1ccc(-c2nc(NCCC[NH+]3CCOCC3)c3cc(-c4ccccc4)sc3n2)cc1. The lowest BCUT2D eigenvalue weighted by atomic mass is 10.2. The van der Waals surface area contributed by atoms with E-state index in [0.717, 1.165) is 73.2 Å². The van der Waals surface area contributed by atoms with Crippen molar-refractivity contribution in [3.8, 4) is 21.8 Å². The molecule has 0 spiro atoms. The van der Waals surface area contributed by atoms with Crippen molar-refractivity contribution in [1.29, 1.82) is 0 Å². The summed E-state index contributed by atoms with van der Waals surface area (Å²) in [5, 5.41) is 4.71. The zero-order chi connectivity index (χ0) is 20.9. The number of aromatic nitrogens is 2. The summed E-state index contributed by atoms with van der Waals surface area (Å²) in [4.78, 5) is 13.7. The van der Waals surface area contributed by atoms with Crippen LogP contribution < -0.4 is 10.2 Å². The lowest BCUT2D eigenvalue weighted by Gasteiger charge is -2.23. The maximum absolute atomic E-state index is 5.47. The molecule has 0 bridgehead atoms. The molecular weight excluding hydrogens is 404 g/mol. The molecule has 1 aliphatic rings. The number of fused-ring (bicyclic) bond motifs is 1. The van der Waals surface area contributed by atoms with Crippen molar-refractivity contribution in [1.82, 2.24) is 9.97 Å². The molecule has 3 heterocycles. The Labute approximate surface area is 186 Å². The minimum Gasteiger partial charge on any atom is -0.370 e. The first-order chi connectivity index (χ1) is 15.4. The normalized spacial score (nSPS) is 14.7. The number of hydrogen-bond acceptors (Lipinski definition) is 5. The van der Waals surface area contributed by atoms with Crippen LogP contribution in [0.4, 0.5) is 5.82 Å². The highest BCUT2D eigenvalue weighted by Crippen LogP contribution is 2.36. The maximum atomic E-state index is 5.47. The van der Waals surface area contributed by atoms with Gasteiger partial charge in [0.25, 0.3) is 0 Å². The van der Waals surface area contributed by atoms with Crippen LogP contribution in [-0.2, 0) is 4.74 Å². The number of morpholine rings is 1. The zero-order valence-electron chi connectivity index (χ0n) is 17.5. The molecule has 0 saturated carbocycles. The lowest BCUT2D eigenvalue weighted by Crippen LogP contribution is -3.14. The summed E-state index contributed by atoms with van der Waals surface area (Å²) in [6.45, 7) is 6.05. The molecule has 1 aliphatic heterocycles. The van der Waals surface area contributed by atoms with Crippen LogP contribution in [0.3, 0.4) is 0 Å². The third kappa shape index (κ3) is 4.77. The van der Waals surface area contributed by atoms with Crippen molar-refractivity contribution in [3.05, 3.63) is 66.7 Å². The van der Waals surface area contributed by atoms with E-state index in [1.165, 1.54) is 10.4 Å². The smallest absolute Gasteiger partial charge is 0.163 e. The summed E-state index contributed by atoms with van der Waals surface area (Å²) in [6.07, 6.45) is 1.11. The first kappa shape index (κ1) is 20.1. The topological polar surface area (TPSA) is 51.5 Å². The Morgan fingerprint density at radius 1 is 0.903 bits per heavy atom. The molecule has 2 aromatic heterocycles. The molecule has 31 heavy (non-hydrogen) atoms. The Morgan fingerprint density at radius 2 is 1.61 bits per heavy atom. The van der Waals surface area contributed by atoms with Gasteiger partial charge in [0.15, 0.2) is 5.82 Å². The van der Waals surface area contributed by atoms with Crippen molar-refractivity contribution in [3.63, 3.8) is 0 Å². The molecule has 2 aromatic carbocycles. The van der Waals surface area contributed by atoms with Gasteiger partial charge in [0, 0.05) is 23.4 Å². The van der Waals surface area contributed by atoms with E-state index in [1.54, 1.807) is 16.2 Å². The fourth-order valence-electron chi connectivity index (χ4n) is 3.97. The average Bonchev–Trinajstić information content (AvgIpc) is 3.28. The van der Waals surface area contributed by atoms with Gasteiger partial charge >= 0.3 is 0 Å². The number of nitrogens with one attached hydrogen (secondary N) is 2. The van der Waals surface area contributed by atoms with Crippen LogP contribution in [0.5, 0.6) is 0 Å². The van der Waals surface area contributed by atoms with Gasteiger partial charge in [-0.1, -0.05) is 60.7 Å². The quantitative estimate of drug-likeness (QED) is 0.438. The third-order valence-electron chi connectivity index (χ3n) is 5.68. The number of rotatable bonds is 7. The summed E-state index contributed by atoms with van der Waals surface area (Å²) in [7, 11) is 0. The molecule has 1 saturated heterocycles. The first-order valence-corrected chi connectivity index (χ1v) is 11.8. The number of quaternary nitrogens is 1. The molecule has 0 unspecified atom stereocenters. The van der Waals surface area contributed by atoms with Gasteiger partial charge in [0.05, 0.1) is 25.1 Å². The van der Waals surface area contributed by atoms with E-state index < -0.39 is 0 Å². The van der Waals surface area contributed by atoms with Crippen molar-refractivity contribution < 1.29 is 9.64 Å². The van der Waals surface area contributed by atoms with Crippen LogP contribution in [0, 0.1) is 0 Å². The molecule has 0 amide bonds. The largest absolute Gasteiger partial charge is 0.370 e. The zero-order valence-corrected chi connectivity index (χ0v) is 18.3. The summed E-state index contributed by atoms with van der Waals surface area (Å²) in [5.41, 5.74) is 2.26. The minimum atomic E-state index is 0.774. The molecule has 0 aliphatic carbocycles. The summed E-state index contributed by atoms with van der Waals surface area (Å²) in [6, 6.07) is 22.9. The molecule has 6 heteroatoms. The molecule has 4 aromatic rings. The number of ether oxygens (including phenoxy) is 1. The molecule has 5 nitrogen and oxygen atoms in total. The standard InChI is InChI=1S/C25H26N4OS/c1-3-8-19(9-4-1)22-18-21-24(26-12-7-13-29-14-16-30-17-15-29)27-23(28-25(21)31-22)20-10-5-2-6-11-20/h1-6,8-11,18H,7,12-17H2,(H,26,27,28)/p+1. The Hall–Kier alpha value is -2.80. The van der Waals surface area contributed by atoms with E-state index in [2.05, 4.69) is 47.8 Å².